The molecule has 18 heavy (non-hydrogen) atoms. The first kappa shape index (κ1) is 12.1. The SMILES string of the molecule is Cn1cc(CN2CCOC3C(CO)CCC32)cn1. The van der Waals surface area contributed by atoms with Crippen molar-refractivity contribution in [3.05, 3.63) is 18.0 Å². The summed E-state index contributed by atoms with van der Waals surface area (Å²) in [4.78, 5) is 2.49. The smallest absolute Gasteiger partial charge is 0.0780 e. The minimum Gasteiger partial charge on any atom is -0.396 e. The molecule has 2 aliphatic rings. The van der Waals surface area contributed by atoms with Gasteiger partial charge in [0.2, 0.25) is 0 Å². The first-order valence-electron chi connectivity index (χ1n) is 6.72. The van der Waals surface area contributed by atoms with Crippen molar-refractivity contribution in [2.24, 2.45) is 13.0 Å². The highest BCUT2D eigenvalue weighted by Crippen LogP contribution is 2.34. The molecule has 0 amide bonds. The lowest BCUT2D eigenvalue weighted by Crippen LogP contribution is -2.50. The van der Waals surface area contributed by atoms with E-state index in [9.17, 15) is 5.11 Å². The topological polar surface area (TPSA) is 50.5 Å². The second-order valence-corrected chi connectivity index (χ2v) is 5.42. The molecule has 1 saturated carbocycles. The van der Waals surface area contributed by atoms with Crippen LogP contribution in [-0.2, 0) is 18.3 Å². The number of aliphatic hydroxyl groups excluding tert-OH is 1. The number of nitrogens with zero attached hydrogens (tertiary/aromatic N) is 3. The van der Waals surface area contributed by atoms with Gasteiger partial charge in [-0.1, -0.05) is 0 Å². The Balaban J connectivity index is 1.69. The van der Waals surface area contributed by atoms with Crippen LogP contribution in [-0.4, -0.2) is 51.7 Å². The summed E-state index contributed by atoms with van der Waals surface area (Å²) in [5, 5.41) is 13.6. The van der Waals surface area contributed by atoms with Gasteiger partial charge in [0.15, 0.2) is 0 Å². The maximum Gasteiger partial charge on any atom is 0.0780 e. The molecular formula is C13H21N3O2. The van der Waals surface area contributed by atoms with E-state index in [1.807, 2.05) is 17.9 Å². The molecule has 1 N–H and O–H groups in total. The lowest BCUT2D eigenvalue weighted by Gasteiger charge is -2.38. The van der Waals surface area contributed by atoms with Gasteiger partial charge in [-0.25, -0.2) is 0 Å². The van der Waals surface area contributed by atoms with Crippen molar-refractivity contribution in [1.29, 1.82) is 0 Å². The third kappa shape index (κ3) is 2.18. The quantitative estimate of drug-likeness (QED) is 0.844. The van der Waals surface area contributed by atoms with Crippen LogP contribution in [0.2, 0.25) is 0 Å². The monoisotopic (exact) mass is 251 g/mol. The molecule has 3 unspecified atom stereocenters. The van der Waals surface area contributed by atoms with E-state index >= 15 is 0 Å². The number of hydrogen-bond acceptors (Lipinski definition) is 4. The molecule has 1 aromatic rings. The molecule has 0 spiro atoms. The van der Waals surface area contributed by atoms with Crippen LogP contribution in [0.5, 0.6) is 0 Å². The van der Waals surface area contributed by atoms with E-state index in [1.165, 1.54) is 5.56 Å². The summed E-state index contributed by atoms with van der Waals surface area (Å²) < 4.78 is 7.70. The van der Waals surface area contributed by atoms with Gasteiger partial charge < -0.3 is 9.84 Å². The second kappa shape index (κ2) is 4.99. The molecule has 1 aliphatic heterocycles. The average Bonchev–Trinajstić information content (AvgIpc) is 2.96. The molecule has 1 aromatic heterocycles. The zero-order chi connectivity index (χ0) is 12.5. The summed E-state index contributed by atoms with van der Waals surface area (Å²) >= 11 is 0. The number of morpholine rings is 1. The fourth-order valence-electron chi connectivity index (χ4n) is 3.32. The summed E-state index contributed by atoms with van der Waals surface area (Å²) in [6.07, 6.45) is 6.44. The highest BCUT2D eigenvalue weighted by Gasteiger charge is 2.42. The Labute approximate surface area is 107 Å². The van der Waals surface area contributed by atoms with Gasteiger partial charge in [-0.05, 0) is 12.8 Å². The predicted molar refractivity (Wildman–Crippen MR) is 67.0 cm³/mol. The third-order valence-corrected chi connectivity index (χ3v) is 4.21. The number of rotatable bonds is 3. The standard InChI is InChI=1S/C13H21N3O2/c1-15-7-10(6-14-15)8-16-4-5-18-13-11(9-17)2-3-12(13)16/h6-7,11-13,17H,2-5,8-9H2,1H3. The highest BCUT2D eigenvalue weighted by atomic mass is 16.5. The van der Waals surface area contributed by atoms with Gasteiger partial charge in [-0.3, -0.25) is 9.58 Å². The molecule has 1 aliphatic carbocycles. The van der Waals surface area contributed by atoms with E-state index in [1.54, 1.807) is 0 Å². The predicted octanol–water partition coefficient (Wildman–Crippen LogP) is 0.392. The molecule has 5 heteroatoms. The first-order valence-corrected chi connectivity index (χ1v) is 6.72. The molecule has 5 nitrogen and oxygen atoms in total. The maximum absolute atomic E-state index is 9.37. The summed E-state index contributed by atoms with van der Waals surface area (Å²) in [6.45, 7) is 2.95. The van der Waals surface area contributed by atoms with Crippen LogP contribution in [0.1, 0.15) is 18.4 Å². The van der Waals surface area contributed by atoms with E-state index < -0.39 is 0 Å². The molecule has 2 heterocycles. The van der Waals surface area contributed by atoms with Crippen molar-refractivity contribution in [2.45, 2.75) is 31.5 Å². The van der Waals surface area contributed by atoms with E-state index in [-0.39, 0.29) is 12.7 Å². The van der Waals surface area contributed by atoms with Crippen LogP contribution in [0.15, 0.2) is 12.4 Å². The van der Waals surface area contributed by atoms with Crippen LogP contribution in [0.4, 0.5) is 0 Å². The largest absolute Gasteiger partial charge is 0.396 e. The van der Waals surface area contributed by atoms with Gasteiger partial charge >= 0.3 is 0 Å². The zero-order valence-corrected chi connectivity index (χ0v) is 10.8. The fraction of sp³-hybridized carbons (Fsp3) is 0.769. The Morgan fingerprint density at radius 2 is 2.39 bits per heavy atom. The number of aryl methyl sites for hydroxylation is 1. The second-order valence-electron chi connectivity index (χ2n) is 5.42. The van der Waals surface area contributed by atoms with Crippen molar-refractivity contribution in [3.8, 4) is 0 Å². The molecule has 0 radical (unpaired) electrons. The van der Waals surface area contributed by atoms with Crippen molar-refractivity contribution in [2.75, 3.05) is 19.8 Å². The Morgan fingerprint density at radius 1 is 1.50 bits per heavy atom. The Kier molecular flexibility index (Phi) is 3.37. The van der Waals surface area contributed by atoms with Gasteiger partial charge in [0, 0.05) is 50.5 Å². The van der Waals surface area contributed by atoms with Gasteiger partial charge in [0.1, 0.15) is 0 Å². The Morgan fingerprint density at radius 3 is 3.11 bits per heavy atom. The van der Waals surface area contributed by atoms with E-state index in [2.05, 4.69) is 16.2 Å². The van der Waals surface area contributed by atoms with E-state index in [0.717, 1.165) is 32.5 Å². The minimum absolute atomic E-state index is 0.223. The zero-order valence-electron chi connectivity index (χ0n) is 10.8. The van der Waals surface area contributed by atoms with Crippen LogP contribution in [0, 0.1) is 5.92 Å². The summed E-state index contributed by atoms with van der Waals surface area (Å²) in [5.41, 5.74) is 1.26. The molecule has 2 fully saturated rings. The first-order chi connectivity index (χ1) is 8.78. The maximum atomic E-state index is 9.37. The van der Waals surface area contributed by atoms with Crippen molar-refractivity contribution >= 4 is 0 Å². The van der Waals surface area contributed by atoms with Crippen molar-refractivity contribution in [3.63, 3.8) is 0 Å². The average molecular weight is 251 g/mol. The van der Waals surface area contributed by atoms with Crippen molar-refractivity contribution in [1.82, 2.24) is 14.7 Å². The summed E-state index contributed by atoms with van der Waals surface area (Å²) in [6, 6.07) is 0.469. The van der Waals surface area contributed by atoms with E-state index in [0.29, 0.717) is 12.0 Å². The number of ether oxygens (including phenoxy) is 1. The fourth-order valence-corrected chi connectivity index (χ4v) is 3.32. The molecule has 0 bridgehead atoms. The number of hydrogen-bond donors (Lipinski definition) is 1. The Hall–Kier alpha value is -0.910. The highest BCUT2D eigenvalue weighted by molar-refractivity contribution is 5.05. The molecule has 100 valence electrons. The minimum atomic E-state index is 0.223. The lowest BCUT2D eigenvalue weighted by atomic mass is 10.0. The van der Waals surface area contributed by atoms with Crippen LogP contribution in [0.25, 0.3) is 0 Å². The molecular weight excluding hydrogens is 230 g/mol. The Bertz CT molecular complexity index is 407. The lowest BCUT2D eigenvalue weighted by molar-refractivity contribution is -0.0830. The van der Waals surface area contributed by atoms with Crippen LogP contribution < -0.4 is 0 Å². The number of aliphatic hydroxyl groups is 1. The molecule has 1 saturated heterocycles. The summed E-state index contributed by atoms with van der Waals surface area (Å²) in [7, 11) is 1.95. The van der Waals surface area contributed by atoms with Crippen molar-refractivity contribution < 1.29 is 9.84 Å². The number of fused-ring (bicyclic) bond motifs is 1. The van der Waals surface area contributed by atoms with Gasteiger partial charge in [-0.15, -0.1) is 0 Å². The molecule has 3 rings (SSSR count). The van der Waals surface area contributed by atoms with Crippen LogP contribution in [0.3, 0.4) is 0 Å². The molecule has 0 aromatic carbocycles. The third-order valence-electron chi connectivity index (χ3n) is 4.21. The van der Waals surface area contributed by atoms with Gasteiger partial charge in [0.25, 0.3) is 0 Å². The van der Waals surface area contributed by atoms with E-state index in [4.69, 9.17) is 4.74 Å². The van der Waals surface area contributed by atoms with Gasteiger partial charge in [0.05, 0.1) is 18.9 Å². The number of aromatic nitrogens is 2. The normalized spacial score (nSPS) is 32.7. The summed E-state index contributed by atoms with van der Waals surface area (Å²) in [5.74, 6) is 0.326. The van der Waals surface area contributed by atoms with Crippen LogP contribution >= 0.6 is 0 Å². The molecule has 3 atom stereocenters. The van der Waals surface area contributed by atoms with Gasteiger partial charge in [-0.2, -0.15) is 5.10 Å².